The third kappa shape index (κ3) is 2.85. The number of anilines is 2. The SMILES string of the molecule is COC(=O)c1cc(NN(C)C)ccc1N. The molecule has 1 aromatic rings. The van der Waals surface area contributed by atoms with Gasteiger partial charge in [0.15, 0.2) is 0 Å². The van der Waals surface area contributed by atoms with Crippen LogP contribution in [0.5, 0.6) is 0 Å². The topological polar surface area (TPSA) is 67.6 Å². The van der Waals surface area contributed by atoms with E-state index in [1.54, 1.807) is 23.2 Å². The summed E-state index contributed by atoms with van der Waals surface area (Å²) in [6.07, 6.45) is 0. The van der Waals surface area contributed by atoms with E-state index in [-0.39, 0.29) is 0 Å². The van der Waals surface area contributed by atoms with Crippen LogP contribution in [-0.2, 0) is 4.74 Å². The second-order valence-electron chi connectivity index (χ2n) is 3.30. The van der Waals surface area contributed by atoms with E-state index in [4.69, 9.17) is 5.73 Å². The Kier molecular flexibility index (Phi) is 3.51. The molecule has 5 nitrogen and oxygen atoms in total. The molecule has 0 amide bonds. The maximum Gasteiger partial charge on any atom is 0.340 e. The Hall–Kier alpha value is -1.75. The lowest BCUT2D eigenvalue weighted by molar-refractivity contribution is 0.0602. The van der Waals surface area contributed by atoms with Crippen molar-refractivity contribution in [2.75, 3.05) is 32.4 Å². The van der Waals surface area contributed by atoms with Gasteiger partial charge in [-0.05, 0) is 18.2 Å². The molecule has 0 saturated heterocycles. The lowest BCUT2D eigenvalue weighted by atomic mass is 10.1. The van der Waals surface area contributed by atoms with Gasteiger partial charge >= 0.3 is 5.97 Å². The molecule has 0 aliphatic rings. The predicted molar refractivity (Wildman–Crippen MR) is 59.5 cm³/mol. The monoisotopic (exact) mass is 209 g/mol. The molecule has 0 unspecified atom stereocenters. The molecule has 3 N–H and O–H groups in total. The van der Waals surface area contributed by atoms with E-state index >= 15 is 0 Å². The third-order valence-electron chi connectivity index (χ3n) is 1.81. The van der Waals surface area contributed by atoms with Crippen LogP contribution in [-0.4, -0.2) is 32.2 Å². The number of carbonyl (C=O) groups excluding carboxylic acids is 1. The lowest BCUT2D eigenvalue weighted by Crippen LogP contribution is -2.20. The Bertz CT molecular complexity index is 364. The van der Waals surface area contributed by atoms with E-state index in [0.717, 1.165) is 5.69 Å². The zero-order valence-corrected chi connectivity index (χ0v) is 9.07. The fraction of sp³-hybridized carbons (Fsp3) is 0.300. The number of hydrogen-bond donors (Lipinski definition) is 2. The molecule has 15 heavy (non-hydrogen) atoms. The first kappa shape index (κ1) is 11.3. The van der Waals surface area contributed by atoms with Crippen LogP contribution in [0.2, 0.25) is 0 Å². The highest BCUT2D eigenvalue weighted by atomic mass is 16.5. The van der Waals surface area contributed by atoms with Crippen molar-refractivity contribution in [2.45, 2.75) is 0 Å². The van der Waals surface area contributed by atoms with E-state index in [0.29, 0.717) is 11.3 Å². The van der Waals surface area contributed by atoms with Crippen LogP contribution in [0.25, 0.3) is 0 Å². The van der Waals surface area contributed by atoms with Crippen molar-refractivity contribution in [1.29, 1.82) is 0 Å². The number of rotatable bonds is 3. The van der Waals surface area contributed by atoms with E-state index in [1.165, 1.54) is 7.11 Å². The molecule has 1 aromatic carbocycles. The van der Waals surface area contributed by atoms with Crippen LogP contribution in [0.3, 0.4) is 0 Å². The van der Waals surface area contributed by atoms with Gasteiger partial charge in [-0.15, -0.1) is 0 Å². The smallest absolute Gasteiger partial charge is 0.340 e. The molecule has 0 saturated carbocycles. The van der Waals surface area contributed by atoms with E-state index in [9.17, 15) is 4.79 Å². The Labute approximate surface area is 88.8 Å². The number of carbonyl (C=O) groups is 1. The van der Waals surface area contributed by atoms with Gasteiger partial charge in [-0.3, -0.25) is 0 Å². The summed E-state index contributed by atoms with van der Waals surface area (Å²) in [6.45, 7) is 0. The highest BCUT2D eigenvalue weighted by Crippen LogP contribution is 2.18. The molecular weight excluding hydrogens is 194 g/mol. The van der Waals surface area contributed by atoms with Crippen LogP contribution in [0.1, 0.15) is 10.4 Å². The molecule has 0 bridgehead atoms. The van der Waals surface area contributed by atoms with Crippen LogP contribution in [0, 0.1) is 0 Å². The molecular formula is C10H15N3O2. The zero-order chi connectivity index (χ0) is 11.4. The van der Waals surface area contributed by atoms with Crippen molar-refractivity contribution in [1.82, 2.24) is 5.01 Å². The second-order valence-corrected chi connectivity index (χ2v) is 3.30. The number of benzene rings is 1. The molecule has 0 aliphatic heterocycles. The minimum absolute atomic E-state index is 0.365. The predicted octanol–water partition coefficient (Wildman–Crippen LogP) is 0.944. The van der Waals surface area contributed by atoms with Crippen LogP contribution < -0.4 is 11.2 Å². The average Bonchev–Trinajstić information content (AvgIpc) is 2.19. The van der Waals surface area contributed by atoms with Crippen molar-refractivity contribution < 1.29 is 9.53 Å². The molecule has 0 atom stereocenters. The normalized spacial score (nSPS) is 10.1. The first-order valence-corrected chi connectivity index (χ1v) is 4.46. The Balaban J connectivity index is 3.00. The van der Waals surface area contributed by atoms with Gasteiger partial charge in [0, 0.05) is 25.5 Å². The van der Waals surface area contributed by atoms with Crippen molar-refractivity contribution in [3.8, 4) is 0 Å². The number of methoxy groups -OCH3 is 1. The van der Waals surface area contributed by atoms with Gasteiger partial charge in [-0.2, -0.15) is 0 Å². The summed E-state index contributed by atoms with van der Waals surface area (Å²) in [7, 11) is 5.04. The Morgan fingerprint density at radius 3 is 2.67 bits per heavy atom. The summed E-state index contributed by atoms with van der Waals surface area (Å²) in [4.78, 5) is 11.3. The van der Waals surface area contributed by atoms with Crippen LogP contribution in [0.15, 0.2) is 18.2 Å². The highest BCUT2D eigenvalue weighted by Gasteiger charge is 2.10. The molecule has 0 aliphatic carbocycles. The fourth-order valence-electron chi connectivity index (χ4n) is 1.17. The van der Waals surface area contributed by atoms with Crippen LogP contribution in [0.4, 0.5) is 11.4 Å². The zero-order valence-electron chi connectivity index (χ0n) is 9.07. The number of nitrogens with two attached hydrogens (primary N) is 1. The van der Waals surface area contributed by atoms with Gasteiger partial charge in [0.05, 0.1) is 12.7 Å². The molecule has 0 radical (unpaired) electrons. The molecule has 0 spiro atoms. The van der Waals surface area contributed by atoms with Crippen molar-refractivity contribution in [3.05, 3.63) is 23.8 Å². The third-order valence-corrected chi connectivity index (χ3v) is 1.81. The molecule has 0 aromatic heterocycles. The lowest BCUT2D eigenvalue weighted by Gasteiger charge is -2.14. The molecule has 0 heterocycles. The first-order valence-electron chi connectivity index (χ1n) is 4.46. The van der Waals surface area contributed by atoms with Gasteiger partial charge in [-0.1, -0.05) is 0 Å². The van der Waals surface area contributed by atoms with Crippen molar-refractivity contribution in [3.63, 3.8) is 0 Å². The van der Waals surface area contributed by atoms with Gasteiger partial charge in [0.25, 0.3) is 0 Å². The number of hydrazine groups is 1. The molecule has 0 fully saturated rings. The van der Waals surface area contributed by atoms with Gasteiger partial charge in [-0.25, -0.2) is 9.80 Å². The minimum atomic E-state index is -0.435. The Morgan fingerprint density at radius 2 is 2.13 bits per heavy atom. The number of nitrogens with one attached hydrogen (secondary N) is 1. The second kappa shape index (κ2) is 4.65. The Morgan fingerprint density at radius 1 is 1.47 bits per heavy atom. The van der Waals surface area contributed by atoms with Crippen LogP contribution >= 0.6 is 0 Å². The number of hydrogen-bond acceptors (Lipinski definition) is 5. The van der Waals surface area contributed by atoms with Gasteiger partial charge in [0.1, 0.15) is 0 Å². The van der Waals surface area contributed by atoms with Crippen molar-refractivity contribution in [2.24, 2.45) is 0 Å². The van der Waals surface area contributed by atoms with E-state index < -0.39 is 5.97 Å². The quantitative estimate of drug-likeness (QED) is 0.440. The summed E-state index contributed by atoms with van der Waals surface area (Å²) in [6, 6.07) is 5.11. The summed E-state index contributed by atoms with van der Waals surface area (Å²) < 4.78 is 4.62. The minimum Gasteiger partial charge on any atom is -0.465 e. The van der Waals surface area contributed by atoms with Gasteiger partial charge < -0.3 is 15.9 Å². The first-order chi connectivity index (χ1) is 7.04. The summed E-state index contributed by atoms with van der Waals surface area (Å²) in [5.41, 5.74) is 10.2. The maximum atomic E-state index is 11.3. The molecule has 82 valence electrons. The van der Waals surface area contributed by atoms with E-state index in [2.05, 4.69) is 10.2 Å². The summed E-state index contributed by atoms with van der Waals surface area (Å²) in [5, 5.41) is 1.77. The fourth-order valence-corrected chi connectivity index (χ4v) is 1.17. The highest BCUT2D eigenvalue weighted by molar-refractivity contribution is 5.96. The summed E-state index contributed by atoms with van der Waals surface area (Å²) in [5.74, 6) is -0.435. The van der Waals surface area contributed by atoms with Gasteiger partial charge in [0.2, 0.25) is 0 Å². The van der Waals surface area contributed by atoms with Crippen molar-refractivity contribution >= 4 is 17.3 Å². The maximum absolute atomic E-state index is 11.3. The largest absolute Gasteiger partial charge is 0.465 e. The standard InChI is InChI=1S/C10H15N3O2/c1-13(2)12-7-4-5-9(11)8(6-7)10(14)15-3/h4-6,12H,11H2,1-3H3. The van der Waals surface area contributed by atoms with E-state index in [1.807, 2.05) is 14.1 Å². The average molecular weight is 209 g/mol. The number of nitrogens with zero attached hydrogens (tertiary/aromatic N) is 1. The number of esters is 1. The number of ether oxygens (including phenoxy) is 1. The number of nitrogen functional groups attached to an aromatic ring is 1. The summed E-state index contributed by atoms with van der Waals surface area (Å²) >= 11 is 0. The molecule has 5 heteroatoms. The molecule has 1 rings (SSSR count).